The predicted octanol–water partition coefficient (Wildman–Crippen LogP) is -1.39. The second kappa shape index (κ2) is 6.05. The van der Waals surface area contributed by atoms with Crippen LogP contribution in [0.25, 0.3) is 11.3 Å². The molecule has 0 aliphatic heterocycles. The molecule has 0 spiro atoms. The first-order valence-electron chi connectivity index (χ1n) is 5.20. The fourth-order valence-electron chi connectivity index (χ4n) is 1.60. The largest absolute Gasteiger partial charge is 1.00 e. The second-order valence-electron chi connectivity index (χ2n) is 3.62. The van der Waals surface area contributed by atoms with Gasteiger partial charge in [-0.25, -0.2) is 0 Å². The fraction of sp³-hybridized carbons (Fsp3) is 0.154. The van der Waals surface area contributed by atoms with Gasteiger partial charge in [-0.3, -0.25) is 0 Å². The van der Waals surface area contributed by atoms with Crippen LogP contribution in [0.15, 0.2) is 36.4 Å². The molecule has 0 unspecified atom stereocenters. The Labute approximate surface area is 122 Å². The van der Waals surface area contributed by atoms with E-state index in [1.54, 1.807) is 6.07 Å². The van der Waals surface area contributed by atoms with Gasteiger partial charge in [-0.2, -0.15) is 0 Å². The Morgan fingerprint density at radius 3 is 2.29 bits per heavy atom. The van der Waals surface area contributed by atoms with Gasteiger partial charge in [0.25, 0.3) is 0 Å². The summed E-state index contributed by atoms with van der Waals surface area (Å²) in [6.45, 7) is 2.10. The summed E-state index contributed by atoms with van der Waals surface area (Å²) in [7, 11) is 0. The van der Waals surface area contributed by atoms with E-state index in [-0.39, 0.29) is 35.3 Å². The summed E-state index contributed by atoms with van der Waals surface area (Å²) in [4.78, 5) is 13.4. The summed E-state index contributed by atoms with van der Waals surface area (Å²) in [5.74, 6) is -1.18. The minimum atomic E-state index is -1.18. The molecule has 0 saturated heterocycles. The molecule has 1 heterocycles. The van der Waals surface area contributed by atoms with Crippen molar-refractivity contribution in [3.8, 4) is 11.3 Å². The van der Waals surface area contributed by atoms with E-state index in [0.29, 0.717) is 0 Å². The van der Waals surface area contributed by atoms with Crippen molar-refractivity contribution in [3.63, 3.8) is 0 Å². The molecule has 0 aliphatic rings. The van der Waals surface area contributed by atoms with Gasteiger partial charge in [-0.05, 0) is 29.7 Å². The Morgan fingerprint density at radius 1 is 1.18 bits per heavy atom. The number of H-pyrrole nitrogens is 1. The van der Waals surface area contributed by atoms with Crippen molar-refractivity contribution < 1.29 is 39.5 Å². The van der Waals surface area contributed by atoms with Crippen LogP contribution in [-0.4, -0.2) is 11.0 Å². The van der Waals surface area contributed by atoms with Gasteiger partial charge in [0.05, 0.1) is 11.7 Å². The third-order valence-electron chi connectivity index (χ3n) is 2.58. The van der Waals surface area contributed by atoms with Crippen LogP contribution in [0.4, 0.5) is 0 Å². The number of rotatable bonds is 3. The first-order chi connectivity index (χ1) is 7.70. The maximum atomic E-state index is 10.6. The molecule has 0 saturated carbocycles. The van der Waals surface area contributed by atoms with Gasteiger partial charge in [0.1, 0.15) is 0 Å². The number of carbonyl (C=O) groups is 1. The minimum absolute atomic E-state index is 0. The average molecular weight is 237 g/mol. The quantitative estimate of drug-likeness (QED) is 0.668. The van der Waals surface area contributed by atoms with Crippen LogP contribution in [0, 0.1) is 0 Å². The molecule has 2 aromatic rings. The Kier molecular flexibility index (Phi) is 5.00. The molecule has 0 fully saturated rings. The normalized spacial score (nSPS) is 9.71. The van der Waals surface area contributed by atoms with Gasteiger partial charge in [0.15, 0.2) is 0 Å². The Hall–Kier alpha value is -1.03. The summed E-state index contributed by atoms with van der Waals surface area (Å²) in [6.07, 6.45) is 0.995. The molecule has 2 rings (SSSR count). The van der Waals surface area contributed by atoms with Crippen molar-refractivity contribution >= 4 is 5.97 Å². The smallest absolute Gasteiger partial charge is 0.543 e. The number of aryl methyl sites for hydroxylation is 1. The van der Waals surface area contributed by atoms with Crippen molar-refractivity contribution in [1.29, 1.82) is 0 Å². The zero-order valence-electron chi connectivity index (χ0n) is 9.99. The van der Waals surface area contributed by atoms with Gasteiger partial charge in [-0.1, -0.05) is 31.2 Å². The van der Waals surface area contributed by atoms with Crippen molar-refractivity contribution in [2.75, 3.05) is 0 Å². The average Bonchev–Trinajstić information content (AvgIpc) is 2.78. The van der Waals surface area contributed by atoms with Gasteiger partial charge < -0.3 is 14.9 Å². The van der Waals surface area contributed by atoms with Crippen LogP contribution in [-0.2, 0) is 6.42 Å². The number of carboxylic acids is 1. The molecule has 0 aliphatic carbocycles. The van der Waals surface area contributed by atoms with Crippen LogP contribution >= 0.6 is 0 Å². The number of aromatic amines is 1. The summed E-state index contributed by atoms with van der Waals surface area (Å²) >= 11 is 0. The number of hydrogen-bond acceptors (Lipinski definition) is 2. The zero-order chi connectivity index (χ0) is 11.5. The molecule has 4 heteroatoms. The SMILES string of the molecule is CCc1ccc(-c2ccc(C(=O)[O-])[nH]2)cc1.[Na+]. The summed E-state index contributed by atoms with van der Waals surface area (Å²) in [6, 6.07) is 11.3. The van der Waals surface area contributed by atoms with E-state index in [1.165, 1.54) is 11.6 Å². The van der Waals surface area contributed by atoms with E-state index in [1.807, 2.05) is 24.3 Å². The van der Waals surface area contributed by atoms with E-state index in [2.05, 4.69) is 11.9 Å². The van der Waals surface area contributed by atoms with Gasteiger partial charge in [0.2, 0.25) is 0 Å². The third-order valence-corrected chi connectivity index (χ3v) is 2.58. The molecule has 0 radical (unpaired) electrons. The summed E-state index contributed by atoms with van der Waals surface area (Å²) in [5, 5.41) is 10.6. The number of hydrogen-bond donors (Lipinski definition) is 1. The molecule has 17 heavy (non-hydrogen) atoms. The number of benzene rings is 1. The van der Waals surface area contributed by atoms with Crippen LogP contribution in [0.3, 0.4) is 0 Å². The minimum Gasteiger partial charge on any atom is -0.543 e. The second-order valence-corrected chi connectivity index (χ2v) is 3.62. The Morgan fingerprint density at radius 2 is 1.82 bits per heavy atom. The Bertz CT molecular complexity index is 502. The molecule has 1 aromatic heterocycles. The van der Waals surface area contributed by atoms with Crippen LogP contribution in [0.1, 0.15) is 23.0 Å². The number of nitrogens with one attached hydrogen (secondary N) is 1. The standard InChI is InChI=1S/C13H13NO2.Na/c1-2-9-3-5-10(6-4-9)11-7-8-12(14-11)13(15)16;/h3-8,14H,2H2,1H3,(H,15,16);/q;+1/p-1. The first kappa shape index (κ1) is 14.0. The first-order valence-corrected chi connectivity index (χ1v) is 5.20. The molecule has 0 amide bonds. The van der Waals surface area contributed by atoms with Crippen molar-refractivity contribution in [1.82, 2.24) is 4.98 Å². The maximum Gasteiger partial charge on any atom is 1.00 e. The zero-order valence-corrected chi connectivity index (χ0v) is 12.0. The number of aromatic carboxylic acids is 1. The molecule has 0 bridgehead atoms. The van der Waals surface area contributed by atoms with Gasteiger partial charge >= 0.3 is 29.6 Å². The molecule has 82 valence electrons. The van der Waals surface area contributed by atoms with E-state index >= 15 is 0 Å². The summed E-state index contributed by atoms with van der Waals surface area (Å²) < 4.78 is 0. The van der Waals surface area contributed by atoms with E-state index in [0.717, 1.165) is 17.7 Å². The molecule has 0 atom stereocenters. The number of carboxylic acid groups (broad SMARTS) is 1. The predicted molar refractivity (Wildman–Crippen MR) is 59.9 cm³/mol. The van der Waals surface area contributed by atoms with Gasteiger partial charge in [0, 0.05) is 5.69 Å². The van der Waals surface area contributed by atoms with E-state index < -0.39 is 5.97 Å². The van der Waals surface area contributed by atoms with Crippen LogP contribution in [0.5, 0.6) is 0 Å². The molecular weight excluding hydrogens is 225 g/mol. The van der Waals surface area contributed by atoms with Crippen LogP contribution < -0.4 is 34.7 Å². The molecule has 1 N–H and O–H groups in total. The van der Waals surface area contributed by atoms with E-state index in [4.69, 9.17) is 0 Å². The molecule has 3 nitrogen and oxygen atoms in total. The number of aromatic nitrogens is 1. The topological polar surface area (TPSA) is 55.9 Å². The van der Waals surface area contributed by atoms with Crippen molar-refractivity contribution in [3.05, 3.63) is 47.7 Å². The Balaban J connectivity index is 0.00000144. The van der Waals surface area contributed by atoms with Crippen LogP contribution in [0.2, 0.25) is 0 Å². The van der Waals surface area contributed by atoms with Crippen molar-refractivity contribution in [2.45, 2.75) is 13.3 Å². The third kappa shape index (κ3) is 3.22. The maximum absolute atomic E-state index is 10.6. The molecule has 1 aromatic carbocycles. The monoisotopic (exact) mass is 237 g/mol. The fourth-order valence-corrected chi connectivity index (χ4v) is 1.60. The van der Waals surface area contributed by atoms with Crippen molar-refractivity contribution in [2.24, 2.45) is 0 Å². The molecular formula is C13H12NNaO2. The van der Waals surface area contributed by atoms with Gasteiger partial charge in [-0.15, -0.1) is 0 Å². The number of carbonyl (C=O) groups excluding carboxylic acids is 1. The van der Waals surface area contributed by atoms with E-state index in [9.17, 15) is 9.90 Å². The summed E-state index contributed by atoms with van der Waals surface area (Å²) in [5.41, 5.74) is 3.14.